The highest BCUT2D eigenvalue weighted by molar-refractivity contribution is 5.94. The number of carbonyl (C=O) groups is 1. The first kappa shape index (κ1) is 19.4. The maximum Gasteiger partial charge on any atom is 0.252 e. The summed E-state index contributed by atoms with van der Waals surface area (Å²) in [7, 11) is 0. The van der Waals surface area contributed by atoms with Gasteiger partial charge in [0.05, 0.1) is 11.3 Å². The molecule has 0 saturated carbocycles. The number of hydrogen-bond acceptors (Lipinski definition) is 4. The highest BCUT2D eigenvalue weighted by atomic mass is 16.3. The van der Waals surface area contributed by atoms with Gasteiger partial charge in [-0.05, 0) is 74.5 Å². The Bertz CT molecular complexity index is 753. The number of benzene rings is 1. The number of nitrogens with one attached hydrogen (secondary N) is 2. The van der Waals surface area contributed by atoms with E-state index in [2.05, 4.69) is 21.7 Å². The largest absolute Gasteiger partial charge is 0.508 e. The van der Waals surface area contributed by atoms with Gasteiger partial charge in [-0.15, -0.1) is 0 Å². The maximum absolute atomic E-state index is 12.0. The molecule has 1 fully saturated rings. The second-order valence-electron chi connectivity index (χ2n) is 7.26. The molecule has 3 rings (SSSR count). The monoisotopic (exact) mass is 367 g/mol. The molecule has 2 heterocycles. The van der Waals surface area contributed by atoms with E-state index in [0.717, 1.165) is 42.6 Å². The van der Waals surface area contributed by atoms with E-state index in [9.17, 15) is 9.90 Å². The Morgan fingerprint density at radius 3 is 2.89 bits per heavy atom. The Morgan fingerprint density at radius 1 is 1.30 bits per heavy atom. The van der Waals surface area contributed by atoms with E-state index < -0.39 is 0 Å². The van der Waals surface area contributed by atoms with Crippen molar-refractivity contribution in [2.45, 2.75) is 51.5 Å². The van der Waals surface area contributed by atoms with Gasteiger partial charge in [-0.25, -0.2) is 0 Å². The smallest absolute Gasteiger partial charge is 0.252 e. The van der Waals surface area contributed by atoms with Gasteiger partial charge >= 0.3 is 0 Å². The van der Waals surface area contributed by atoms with Gasteiger partial charge in [0, 0.05) is 24.3 Å². The van der Waals surface area contributed by atoms with E-state index in [1.165, 1.54) is 19.3 Å². The summed E-state index contributed by atoms with van der Waals surface area (Å²) in [5.41, 5.74) is 3.30. The van der Waals surface area contributed by atoms with Gasteiger partial charge in [-0.3, -0.25) is 9.78 Å². The molecule has 5 nitrogen and oxygen atoms in total. The summed E-state index contributed by atoms with van der Waals surface area (Å²) in [5, 5.41) is 16.5. The number of hydrogen-bond donors (Lipinski definition) is 3. The van der Waals surface area contributed by atoms with Crippen LogP contribution >= 0.6 is 0 Å². The van der Waals surface area contributed by atoms with Crippen LogP contribution in [0.5, 0.6) is 5.75 Å². The number of piperidine rings is 1. The number of phenols is 1. The highest BCUT2D eigenvalue weighted by Crippen LogP contribution is 2.25. The van der Waals surface area contributed by atoms with Crippen molar-refractivity contribution in [1.29, 1.82) is 0 Å². The Balaban J connectivity index is 1.68. The van der Waals surface area contributed by atoms with Crippen molar-refractivity contribution in [2.75, 3.05) is 13.1 Å². The van der Waals surface area contributed by atoms with Gasteiger partial charge in [0.25, 0.3) is 5.91 Å². The van der Waals surface area contributed by atoms with Crippen LogP contribution in [0.15, 0.2) is 36.5 Å². The first-order chi connectivity index (χ1) is 13.2. The fraction of sp³-hybridized carbons (Fsp3) is 0.455. The molecule has 5 heteroatoms. The maximum atomic E-state index is 12.0. The lowest BCUT2D eigenvalue weighted by atomic mass is 9.96. The lowest BCUT2D eigenvalue weighted by Gasteiger charge is -2.23. The average molecular weight is 367 g/mol. The van der Waals surface area contributed by atoms with Crippen LogP contribution in [0.2, 0.25) is 0 Å². The second kappa shape index (κ2) is 9.51. The van der Waals surface area contributed by atoms with Crippen LogP contribution in [0, 0.1) is 0 Å². The molecule has 0 aliphatic carbocycles. The van der Waals surface area contributed by atoms with E-state index >= 15 is 0 Å². The Hall–Kier alpha value is -2.40. The zero-order chi connectivity index (χ0) is 19.1. The van der Waals surface area contributed by atoms with Gasteiger partial charge in [-0.2, -0.15) is 0 Å². The van der Waals surface area contributed by atoms with Gasteiger partial charge in [0.1, 0.15) is 5.75 Å². The van der Waals surface area contributed by atoms with Crippen LogP contribution < -0.4 is 10.6 Å². The minimum Gasteiger partial charge on any atom is -0.508 e. The van der Waals surface area contributed by atoms with Crippen LogP contribution in [0.1, 0.15) is 54.9 Å². The standard InChI is InChI=1S/C22H29N3O2/c1-2-10-24-22(27)17-7-9-21(25-15-17)18-12-16(13-20(26)14-18)6-8-19-5-3-4-11-23-19/h7,9,12-15,19,23,26H,2-6,8,10-11H2,1H3,(H,24,27). The number of amides is 1. The van der Waals surface area contributed by atoms with E-state index in [0.29, 0.717) is 18.2 Å². The fourth-order valence-corrected chi connectivity index (χ4v) is 3.52. The Morgan fingerprint density at radius 2 is 2.19 bits per heavy atom. The van der Waals surface area contributed by atoms with Crippen LogP contribution in [-0.2, 0) is 6.42 Å². The molecular formula is C22H29N3O2. The number of rotatable bonds is 7. The molecule has 0 bridgehead atoms. The number of carbonyl (C=O) groups excluding carboxylic acids is 1. The van der Waals surface area contributed by atoms with Crippen LogP contribution in [0.25, 0.3) is 11.3 Å². The predicted octanol–water partition coefficient (Wildman–Crippen LogP) is 3.67. The molecule has 144 valence electrons. The number of pyridine rings is 1. The number of phenolic OH excluding ortho intramolecular Hbond substituents is 1. The van der Waals surface area contributed by atoms with E-state index in [1.807, 2.05) is 19.1 Å². The zero-order valence-electron chi connectivity index (χ0n) is 16.0. The molecule has 1 aromatic heterocycles. The molecule has 1 aromatic carbocycles. The normalized spacial score (nSPS) is 16.9. The number of aromatic nitrogens is 1. The number of aromatic hydroxyl groups is 1. The predicted molar refractivity (Wildman–Crippen MR) is 108 cm³/mol. The summed E-state index contributed by atoms with van der Waals surface area (Å²) >= 11 is 0. The third-order valence-electron chi connectivity index (χ3n) is 5.03. The Kier molecular flexibility index (Phi) is 6.82. The van der Waals surface area contributed by atoms with Crippen molar-refractivity contribution in [3.63, 3.8) is 0 Å². The van der Waals surface area contributed by atoms with Gasteiger partial charge in [0.2, 0.25) is 0 Å². The molecule has 2 aromatic rings. The van der Waals surface area contributed by atoms with Gasteiger partial charge in [0.15, 0.2) is 0 Å². The highest BCUT2D eigenvalue weighted by Gasteiger charge is 2.13. The minimum absolute atomic E-state index is 0.104. The van der Waals surface area contributed by atoms with Crippen molar-refractivity contribution in [3.8, 4) is 17.0 Å². The minimum atomic E-state index is -0.104. The molecular weight excluding hydrogens is 338 g/mol. The summed E-state index contributed by atoms with van der Waals surface area (Å²) in [6.07, 6.45) is 8.30. The topological polar surface area (TPSA) is 74.2 Å². The van der Waals surface area contributed by atoms with Crippen LogP contribution in [0.3, 0.4) is 0 Å². The quantitative estimate of drug-likeness (QED) is 0.698. The lowest BCUT2D eigenvalue weighted by Crippen LogP contribution is -2.34. The lowest BCUT2D eigenvalue weighted by molar-refractivity contribution is 0.0953. The SMILES string of the molecule is CCCNC(=O)c1ccc(-c2cc(O)cc(CCC3CCCCN3)c2)nc1. The summed E-state index contributed by atoms with van der Waals surface area (Å²) < 4.78 is 0. The van der Waals surface area contributed by atoms with Crippen molar-refractivity contribution in [2.24, 2.45) is 0 Å². The fourth-order valence-electron chi connectivity index (χ4n) is 3.52. The van der Waals surface area contributed by atoms with E-state index in [4.69, 9.17) is 0 Å². The summed E-state index contributed by atoms with van der Waals surface area (Å²) in [5.74, 6) is 0.151. The summed E-state index contributed by atoms with van der Waals surface area (Å²) in [6, 6.07) is 9.83. The summed E-state index contributed by atoms with van der Waals surface area (Å²) in [4.78, 5) is 16.4. The molecule has 27 heavy (non-hydrogen) atoms. The van der Waals surface area contributed by atoms with Gasteiger partial charge in [-0.1, -0.05) is 13.3 Å². The molecule has 1 aliphatic rings. The number of nitrogens with zero attached hydrogens (tertiary/aromatic N) is 1. The molecule has 1 atom stereocenters. The molecule has 0 radical (unpaired) electrons. The van der Waals surface area contributed by atoms with Gasteiger partial charge < -0.3 is 15.7 Å². The summed E-state index contributed by atoms with van der Waals surface area (Å²) in [6.45, 7) is 3.79. The number of aryl methyl sites for hydroxylation is 1. The molecule has 1 unspecified atom stereocenters. The third kappa shape index (κ3) is 5.54. The van der Waals surface area contributed by atoms with Crippen molar-refractivity contribution >= 4 is 5.91 Å². The molecule has 1 saturated heterocycles. The van der Waals surface area contributed by atoms with Crippen molar-refractivity contribution in [3.05, 3.63) is 47.7 Å². The second-order valence-corrected chi connectivity index (χ2v) is 7.26. The van der Waals surface area contributed by atoms with E-state index in [-0.39, 0.29) is 11.7 Å². The van der Waals surface area contributed by atoms with Crippen LogP contribution in [-0.4, -0.2) is 35.1 Å². The van der Waals surface area contributed by atoms with E-state index in [1.54, 1.807) is 18.3 Å². The molecule has 0 spiro atoms. The molecule has 1 amide bonds. The first-order valence-electron chi connectivity index (χ1n) is 9.96. The first-order valence-corrected chi connectivity index (χ1v) is 9.96. The van der Waals surface area contributed by atoms with Crippen molar-refractivity contribution in [1.82, 2.24) is 15.6 Å². The Labute approximate surface area is 161 Å². The molecule has 3 N–H and O–H groups in total. The average Bonchev–Trinajstić information content (AvgIpc) is 2.71. The zero-order valence-corrected chi connectivity index (χ0v) is 16.0. The van der Waals surface area contributed by atoms with Crippen molar-refractivity contribution < 1.29 is 9.90 Å². The third-order valence-corrected chi connectivity index (χ3v) is 5.03. The van der Waals surface area contributed by atoms with Crippen LogP contribution in [0.4, 0.5) is 0 Å². The molecule has 1 aliphatic heterocycles.